The van der Waals surface area contributed by atoms with E-state index in [9.17, 15) is 14.9 Å². The number of carbonyl (C=O) groups excluding carboxylic acids is 2. The van der Waals surface area contributed by atoms with Crippen molar-refractivity contribution >= 4 is 28.7 Å². The molecule has 1 aliphatic carbocycles. The number of nitrogens with zero attached hydrogens (tertiary/aromatic N) is 4. The van der Waals surface area contributed by atoms with Crippen molar-refractivity contribution in [1.29, 1.82) is 5.26 Å². The molecule has 0 unspecified atom stereocenters. The Hall–Kier alpha value is -3.83. The second kappa shape index (κ2) is 11.1. The fourth-order valence-corrected chi connectivity index (χ4v) is 6.91. The summed E-state index contributed by atoms with van der Waals surface area (Å²) in [4.78, 5) is 29.9. The first kappa shape index (κ1) is 29.7. The lowest BCUT2D eigenvalue weighted by Gasteiger charge is -2.53. The highest BCUT2D eigenvalue weighted by Crippen LogP contribution is 2.57. The number of esters is 1. The van der Waals surface area contributed by atoms with E-state index in [4.69, 9.17) is 9.47 Å². The summed E-state index contributed by atoms with van der Waals surface area (Å²) in [6.07, 6.45) is 5.35. The Kier molecular flexibility index (Phi) is 7.84. The van der Waals surface area contributed by atoms with Gasteiger partial charge >= 0.3 is 12.1 Å². The Bertz CT molecular complexity index is 1530. The summed E-state index contributed by atoms with van der Waals surface area (Å²) < 4.78 is 12.3. The number of fused-ring (bicyclic) bond motifs is 1. The molecule has 1 aromatic heterocycles. The van der Waals surface area contributed by atoms with Gasteiger partial charge in [0.15, 0.2) is 0 Å². The standard InChI is InChI=1S/C34H42N4O4/c1-22-16-28(36(5)6)27(26-12-14-38(30(22)26)32(40)42-33(2,3)4)21-37-15-13-34(17-23(18-34)20-35)19-29(37)24-8-10-25(11-9-24)31(39)41-7/h8-12,14,16,23,29H,13,15,17-19,21H2,1-7H3/t23?,29-,34?/m0/s1. The molecule has 1 atom stereocenters. The molecule has 2 aromatic carbocycles. The molecule has 1 saturated heterocycles. The van der Waals surface area contributed by atoms with E-state index in [0.717, 1.165) is 59.9 Å². The number of anilines is 1. The van der Waals surface area contributed by atoms with E-state index in [1.807, 2.05) is 64.2 Å². The van der Waals surface area contributed by atoms with Gasteiger partial charge in [-0.1, -0.05) is 12.1 Å². The van der Waals surface area contributed by atoms with E-state index in [-0.39, 0.29) is 29.4 Å². The van der Waals surface area contributed by atoms with Gasteiger partial charge < -0.3 is 14.4 Å². The monoisotopic (exact) mass is 570 g/mol. The van der Waals surface area contributed by atoms with E-state index in [1.165, 1.54) is 12.7 Å². The van der Waals surface area contributed by atoms with E-state index in [0.29, 0.717) is 12.1 Å². The van der Waals surface area contributed by atoms with Crippen LogP contribution in [0.1, 0.15) is 79.5 Å². The molecule has 0 amide bonds. The fraction of sp³-hybridized carbons (Fsp3) is 0.500. The molecule has 42 heavy (non-hydrogen) atoms. The van der Waals surface area contributed by atoms with Crippen LogP contribution in [0.15, 0.2) is 42.6 Å². The largest absolute Gasteiger partial charge is 0.465 e. The van der Waals surface area contributed by atoms with Crippen LogP contribution >= 0.6 is 0 Å². The van der Waals surface area contributed by atoms with Gasteiger partial charge in [-0.15, -0.1) is 0 Å². The third kappa shape index (κ3) is 5.63. The quantitative estimate of drug-likeness (QED) is 0.310. The highest BCUT2D eigenvalue weighted by atomic mass is 16.6. The molecule has 0 bridgehead atoms. The lowest BCUT2D eigenvalue weighted by Crippen LogP contribution is -2.48. The summed E-state index contributed by atoms with van der Waals surface area (Å²) in [5.41, 5.74) is 5.43. The molecular formula is C34H42N4O4. The van der Waals surface area contributed by atoms with Crippen molar-refractivity contribution in [1.82, 2.24) is 9.47 Å². The van der Waals surface area contributed by atoms with Crippen LogP contribution in [0.5, 0.6) is 0 Å². The van der Waals surface area contributed by atoms with Gasteiger partial charge in [0.05, 0.1) is 24.3 Å². The smallest absolute Gasteiger partial charge is 0.419 e. The molecule has 2 aliphatic rings. The molecule has 0 N–H and O–H groups in total. The number of likely N-dealkylation sites (tertiary alicyclic amines) is 1. The minimum atomic E-state index is -0.597. The van der Waals surface area contributed by atoms with Crippen molar-refractivity contribution in [2.45, 2.75) is 71.6 Å². The molecule has 8 heteroatoms. The normalized spacial score (nSPS) is 22.4. The van der Waals surface area contributed by atoms with Crippen molar-refractivity contribution in [3.8, 4) is 6.07 Å². The predicted molar refractivity (Wildman–Crippen MR) is 164 cm³/mol. The van der Waals surface area contributed by atoms with Crippen LogP contribution in [-0.2, 0) is 16.0 Å². The average molecular weight is 571 g/mol. The van der Waals surface area contributed by atoms with Gasteiger partial charge in [-0.25, -0.2) is 9.59 Å². The number of methoxy groups -OCH3 is 1. The Morgan fingerprint density at radius 1 is 1.12 bits per heavy atom. The Morgan fingerprint density at radius 3 is 2.40 bits per heavy atom. The minimum absolute atomic E-state index is 0.129. The zero-order valence-corrected chi connectivity index (χ0v) is 25.9. The molecule has 1 spiro atoms. The zero-order chi connectivity index (χ0) is 30.4. The Labute approximate surface area is 248 Å². The van der Waals surface area contributed by atoms with Crippen molar-refractivity contribution in [2.24, 2.45) is 11.3 Å². The van der Waals surface area contributed by atoms with E-state index in [1.54, 1.807) is 4.57 Å². The molecule has 222 valence electrons. The molecular weight excluding hydrogens is 528 g/mol. The third-order valence-electron chi connectivity index (χ3n) is 8.93. The number of carbonyl (C=O) groups is 2. The number of aryl methyl sites for hydroxylation is 1. The third-order valence-corrected chi connectivity index (χ3v) is 8.93. The zero-order valence-electron chi connectivity index (χ0n) is 25.9. The van der Waals surface area contributed by atoms with Crippen molar-refractivity contribution in [3.05, 3.63) is 64.8 Å². The summed E-state index contributed by atoms with van der Waals surface area (Å²) in [6, 6.07) is 14.6. The first-order valence-corrected chi connectivity index (χ1v) is 14.7. The SMILES string of the molecule is COC(=O)c1ccc([C@@H]2CC3(CCN2Cc2c(N(C)C)cc(C)c4c2ccn4C(=O)OC(C)(C)C)CC(C#N)C3)cc1. The van der Waals surface area contributed by atoms with Gasteiger partial charge in [-0.05, 0) is 106 Å². The van der Waals surface area contributed by atoms with Crippen LogP contribution < -0.4 is 4.90 Å². The molecule has 2 heterocycles. The van der Waals surface area contributed by atoms with Gasteiger partial charge in [0, 0.05) is 49.9 Å². The van der Waals surface area contributed by atoms with E-state index in [2.05, 4.69) is 36.0 Å². The van der Waals surface area contributed by atoms with E-state index < -0.39 is 5.60 Å². The van der Waals surface area contributed by atoms with Gasteiger partial charge in [0.2, 0.25) is 0 Å². The highest BCUT2D eigenvalue weighted by molar-refractivity contribution is 5.96. The Morgan fingerprint density at radius 2 is 1.81 bits per heavy atom. The number of aromatic nitrogens is 1. The maximum Gasteiger partial charge on any atom is 0.419 e. The maximum atomic E-state index is 13.2. The average Bonchev–Trinajstić information content (AvgIpc) is 3.38. The molecule has 0 radical (unpaired) electrons. The lowest BCUT2D eigenvalue weighted by atomic mass is 9.56. The van der Waals surface area contributed by atoms with Gasteiger partial charge in [-0.3, -0.25) is 9.47 Å². The molecule has 3 aromatic rings. The number of ether oxygens (including phenoxy) is 2. The molecule has 2 fully saturated rings. The maximum absolute atomic E-state index is 13.2. The summed E-state index contributed by atoms with van der Waals surface area (Å²) in [5, 5.41) is 10.5. The number of nitriles is 1. The number of rotatable bonds is 5. The van der Waals surface area contributed by atoms with E-state index >= 15 is 0 Å². The lowest BCUT2D eigenvalue weighted by molar-refractivity contribution is -0.0296. The predicted octanol–water partition coefficient (Wildman–Crippen LogP) is 6.84. The van der Waals surface area contributed by atoms with Crippen LogP contribution in [0.4, 0.5) is 10.5 Å². The first-order valence-electron chi connectivity index (χ1n) is 14.7. The molecule has 8 nitrogen and oxygen atoms in total. The summed E-state index contributed by atoms with van der Waals surface area (Å²) in [5.74, 6) is -0.204. The number of hydrogen-bond donors (Lipinski definition) is 0. The molecule has 5 rings (SSSR count). The minimum Gasteiger partial charge on any atom is -0.465 e. The number of benzene rings is 2. The van der Waals surface area contributed by atoms with Crippen LogP contribution in [0, 0.1) is 29.6 Å². The second-order valence-electron chi connectivity index (χ2n) is 13.3. The van der Waals surface area contributed by atoms with Crippen LogP contribution in [0.3, 0.4) is 0 Å². The Balaban J connectivity index is 1.54. The highest BCUT2D eigenvalue weighted by Gasteiger charge is 2.49. The number of piperidine rings is 1. The fourth-order valence-electron chi connectivity index (χ4n) is 6.91. The molecule has 1 aliphatic heterocycles. The van der Waals surface area contributed by atoms with Gasteiger partial charge in [0.1, 0.15) is 5.60 Å². The van der Waals surface area contributed by atoms with Crippen LogP contribution in [0.25, 0.3) is 10.9 Å². The first-order chi connectivity index (χ1) is 19.8. The summed E-state index contributed by atoms with van der Waals surface area (Å²) in [6.45, 7) is 9.27. The van der Waals surface area contributed by atoms with Crippen molar-refractivity contribution in [3.63, 3.8) is 0 Å². The van der Waals surface area contributed by atoms with Crippen LogP contribution in [-0.4, -0.2) is 54.9 Å². The summed E-state index contributed by atoms with van der Waals surface area (Å²) >= 11 is 0. The number of hydrogen-bond acceptors (Lipinski definition) is 7. The van der Waals surface area contributed by atoms with Crippen molar-refractivity contribution < 1.29 is 19.1 Å². The second-order valence-corrected chi connectivity index (χ2v) is 13.3. The van der Waals surface area contributed by atoms with Gasteiger partial charge in [0.25, 0.3) is 0 Å². The van der Waals surface area contributed by atoms with Gasteiger partial charge in [-0.2, -0.15) is 5.26 Å². The summed E-state index contributed by atoms with van der Waals surface area (Å²) in [7, 11) is 5.50. The van der Waals surface area contributed by atoms with Crippen molar-refractivity contribution in [2.75, 3.05) is 32.6 Å². The topological polar surface area (TPSA) is 87.8 Å². The van der Waals surface area contributed by atoms with Crippen LogP contribution in [0.2, 0.25) is 0 Å². The molecule has 1 saturated carbocycles.